The number of hydrogen-bond acceptors (Lipinski definition) is 5. The van der Waals surface area contributed by atoms with Gasteiger partial charge in [0.1, 0.15) is 11.6 Å². The Labute approximate surface area is 250 Å². The van der Waals surface area contributed by atoms with Crippen molar-refractivity contribution < 1.29 is 19.0 Å². The van der Waals surface area contributed by atoms with Crippen LogP contribution in [0.3, 0.4) is 0 Å². The molecule has 1 N–H and O–H groups in total. The van der Waals surface area contributed by atoms with Crippen molar-refractivity contribution in [1.29, 1.82) is 0 Å². The third kappa shape index (κ3) is 8.51. The second kappa shape index (κ2) is 15.9. The van der Waals surface area contributed by atoms with E-state index in [1.54, 1.807) is 14.2 Å². The molecule has 0 radical (unpaired) electrons. The fourth-order valence-electron chi connectivity index (χ4n) is 5.26. The summed E-state index contributed by atoms with van der Waals surface area (Å²) in [7, 11) is 3.20. The molecule has 1 amide bonds. The lowest BCUT2D eigenvalue weighted by atomic mass is 10.0. The highest BCUT2D eigenvalue weighted by Gasteiger charge is 2.12. The number of aryl methyl sites for hydroxylation is 2. The van der Waals surface area contributed by atoms with E-state index < -0.39 is 0 Å². The SMILES string of the molecule is COc1ccc(CC(=O)NCCCCCc2nc3ccccc3n2CCCCOc2ccccc2C(C)C)cc1OC. The van der Waals surface area contributed by atoms with Crippen molar-refractivity contribution in [2.75, 3.05) is 27.4 Å². The summed E-state index contributed by atoms with van der Waals surface area (Å²) in [6.45, 7) is 6.71. The Kier molecular flexibility index (Phi) is 11.7. The summed E-state index contributed by atoms with van der Waals surface area (Å²) < 4.78 is 19.1. The first-order valence-corrected chi connectivity index (χ1v) is 15.1. The Morgan fingerprint density at radius 1 is 0.857 bits per heavy atom. The number of carbonyl (C=O) groups is 1. The third-order valence-corrected chi connectivity index (χ3v) is 7.52. The van der Waals surface area contributed by atoms with Crippen LogP contribution in [0.5, 0.6) is 17.2 Å². The number of unbranched alkanes of at least 4 members (excludes halogenated alkanes) is 3. The van der Waals surface area contributed by atoms with Gasteiger partial charge in [0.25, 0.3) is 0 Å². The molecule has 0 aliphatic rings. The number of imidazole rings is 1. The summed E-state index contributed by atoms with van der Waals surface area (Å²) in [5.74, 6) is 3.89. The molecule has 0 spiro atoms. The lowest BCUT2D eigenvalue weighted by molar-refractivity contribution is -0.120. The van der Waals surface area contributed by atoms with E-state index in [1.807, 2.05) is 30.3 Å². The smallest absolute Gasteiger partial charge is 0.224 e. The molecule has 0 aliphatic heterocycles. The number of carbonyl (C=O) groups excluding carboxylic acids is 1. The molecular weight excluding hydrogens is 526 g/mol. The van der Waals surface area contributed by atoms with E-state index in [-0.39, 0.29) is 5.91 Å². The number of rotatable bonds is 17. The van der Waals surface area contributed by atoms with Gasteiger partial charge < -0.3 is 24.1 Å². The molecule has 0 atom stereocenters. The molecule has 0 unspecified atom stereocenters. The lowest BCUT2D eigenvalue weighted by Crippen LogP contribution is -2.26. The van der Waals surface area contributed by atoms with Gasteiger partial charge in [-0.15, -0.1) is 0 Å². The maximum absolute atomic E-state index is 12.4. The average Bonchev–Trinajstić information content (AvgIpc) is 3.35. The Morgan fingerprint density at radius 2 is 1.64 bits per heavy atom. The first-order chi connectivity index (χ1) is 20.5. The standard InChI is InChI=1S/C35H45N3O4/c1-26(2)28-14-7-10-17-31(28)42-23-13-12-22-38-30-16-9-8-15-29(30)37-34(38)18-6-5-11-21-36-35(39)25-27-19-20-32(40-3)33(24-27)41-4/h7-10,14-17,19-20,24,26H,5-6,11-13,18,21-23,25H2,1-4H3,(H,36,39). The summed E-state index contributed by atoms with van der Waals surface area (Å²) in [6, 6.07) is 22.3. The van der Waals surface area contributed by atoms with E-state index in [0.717, 1.165) is 67.7 Å². The molecule has 0 saturated carbocycles. The third-order valence-electron chi connectivity index (χ3n) is 7.52. The van der Waals surface area contributed by atoms with Crippen LogP contribution in [0, 0.1) is 0 Å². The van der Waals surface area contributed by atoms with Gasteiger partial charge in [-0.05, 0) is 73.1 Å². The van der Waals surface area contributed by atoms with Gasteiger partial charge in [0.05, 0.1) is 38.3 Å². The number of amides is 1. The van der Waals surface area contributed by atoms with Gasteiger partial charge in [0.2, 0.25) is 5.91 Å². The first-order valence-electron chi connectivity index (χ1n) is 15.1. The average molecular weight is 572 g/mol. The van der Waals surface area contributed by atoms with Gasteiger partial charge >= 0.3 is 0 Å². The quantitative estimate of drug-likeness (QED) is 0.137. The summed E-state index contributed by atoms with van der Waals surface area (Å²) in [6.07, 6.45) is 6.26. The zero-order valence-electron chi connectivity index (χ0n) is 25.5. The van der Waals surface area contributed by atoms with Crippen LogP contribution in [0.2, 0.25) is 0 Å². The molecule has 3 aromatic carbocycles. The number of nitrogens with zero attached hydrogens (tertiary/aromatic N) is 2. The molecule has 7 heteroatoms. The van der Waals surface area contributed by atoms with Crippen molar-refractivity contribution in [3.8, 4) is 17.2 Å². The molecule has 1 aromatic heterocycles. The summed E-state index contributed by atoms with van der Waals surface area (Å²) in [4.78, 5) is 17.4. The Morgan fingerprint density at radius 3 is 2.45 bits per heavy atom. The zero-order chi connectivity index (χ0) is 29.7. The molecule has 42 heavy (non-hydrogen) atoms. The van der Waals surface area contributed by atoms with Gasteiger partial charge in [-0.1, -0.05) is 56.7 Å². The van der Waals surface area contributed by atoms with Crippen LogP contribution >= 0.6 is 0 Å². The first kappa shape index (κ1) is 30.9. The van der Waals surface area contributed by atoms with Crippen LogP contribution in [0.15, 0.2) is 66.7 Å². The van der Waals surface area contributed by atoms with Crippen molar-refractivity contribution in [3.05, 3.63) is 83.7 Å². The van der Waals surface area contributed by atoms with E-state index in [0.29, 0.717) is 37.0 Å². The molecular formula is C35H45N3O4. The Bertz CT molecular complexity index is 1430. The number of benzene rings is 3. The molecule has 0 bridgehead atoms. The molecule has 4 rings (SSSR count). The van der Waals surface area contributed by atoms with Gasteiger partial charge in [0, 0.05) is 19.5 Å². The van der Waals surface area contributed by atoms with E-state index in [9.17, 15) is 4.79 Å². The maximum Gasteiger partial charge on any atom is 0.224 e. The van der Waals surface area contributed by atoms with Gasteiger partial charge in [0.15, 0.2) is 11.5 Å². The monoisotopic (exact) mass is 571 g/mol. The number of nitrogens with one attached hydrogen (secondary N) is 1. The highest BCUT2D eigenvalue weighted by atomic mass is 16.5. The van der Waals surface area contributed by atoms with Crippen molar-refractivity contribution in [2.45, 2.75) is 71.3 Å². The minimum atomic E-state index is 0.0145. The molecule has 0 fully saturated rings. The molecule has 0 aliphatic carbocycles. The summed E-state index contributed by atoms with van der Waals surface area (Å²) in [5.41, 5.74) is 4.41. The molecule has 0 saturated heterocycles. The van der Waals surface area contributed by atoms with Crippen molar-refractivity contribution in [3.63, 3.8) is 0 Å². The molecule has 4 aromatic rings. The summed E-state index contributed by atoms with van der Waals surface area (Å²) in [5, 5.41) is 3.05. The van der Waals surface area contributed by atoms with E-state index in [1.165, 1.54) is 11.1 Å². The minimum absolute atomic E-state index is 0.0145. The second-order valence-corrected chi connectivity index (χ2v) is 10.9. The number of hydrogen-bond donors (Lipinski definition) is 1. The Hall–Kier alpha value is -4.00. The van der Waals surface area contributed by atoms with Gasteiger partial charge in [-0.3, -0.25) is 4.79 Å². The highest BCUT2D eigenvalue weighted by molar-refractivity contribution is 5.78. The second-order valence-electron chi connectivity index (χ2n) is 10.9. The fourth-order valence-corrected chi connectivity index (χ4v) is 5.26. The minimum Gasteiger partial charge on any atom is -0.493 e. The molecule has 224 valence electrons. The predicted molar refractivity (Wildman–Crippen MR) is 169 cm³/mol. The van der Waals surface area contributed by atoms with Gasteiger partial charge in [-0.2, -0.15) is 0 Å². The number of methoxy groups -OCH3 is 2. The van der Waals surface area contributed by atoms with Crippen molar-refractivity contribution in [1.82, 2.24) is 14.9 Å². The van der Waals surface area contributed by atoms with E-state index >= 15 is 0 Å². The zero-order valence-corrected chi connectivity index (χ0v) is 25.5. The number of fused-ring (bicyclic) bond motifs is 1. The Balaban J connectivity index is 1.20. The van der Waals surface area contributed by atoms with Crippen molar-refractivity contribution in [2.24, 2.45) is 0 Å². The van der Waals surface area contributed by atoms with Crippen LogP contribution < -0.4 is 19.5 Å². The summed E-state index contributed by atoms with van der Waals surface area (Å²) >= 11 is 0. The number of para-hydroxylation sites is 3. The number of ether oxygens (including phenoxy) is 3. The molecule has 7 nitrogen and oxygen atoms in total. The van der Waals surface area contributed by atoms with E-state index in [2.05, 4.69) is 60.1 Å². The molecule has 1 heterocycles. The lowest BCUT2D eigenvalue weighted by Gasteiger charge is -2.14. The van der Waals surface area contributed by atoms with Crippen LogP contribution in [-0.2, 0) is 24.2 Å². The fraction of sp³-hybridized carbons (Fsp3) is 0.429. The normalized spacial score (nSPS) is 11.2. The van der Waals surface area contributed by atoms with E-state index in [4.69, 9.17) is 19.2 Å². The predicted octanol–water partition coefficient (Wildman–Crippen LogP) is 7.11. The van der Waals surface area contributed by atoms with Crippen LogP contribution in [0.25, 0.3) is 11.0 Å². The maximum atomic E-state index is 12.4. The largest absolute Gasteiger partial charge is 0.493 e. The van der Waals surface area contributed by atoms with Crippen LogP contribution in [-0.4, -0.2) is 42.8 Å². The van der Waals surface area contributed by atoms with Crippen molar-refractivity contribution >= 4 is 16.9 Å². The van der Waals surface area contributed by atoms with Crippen LogP contribution in [0.4, 0.5) is 0 Å². The number of aromatic nitrogens is 2. The van der Waals surface area contributed by atoms with Gasteiger partial charge in [-0.25, -0.2) is 4.98 Å². The van der Waals surface area contributed by atoms with Crippen LogP contribution in [0.1, 0.15) is 68.8 Å². The topological polar surface area (TPSA) is 74.6 Å². The highest BCUT2D eigenvalue weighted by Crippen LogP contribution is 2.28.